The molecule has 0 saturated carbocycles. The van der Waals surface area contributed by atoms with Gasteiger partial charge in [-0.15, -0.1) is 0 Å². The van der Waals surface area contributed by atoms with Crippen molar-refractivity contribution in [1.82, 2.24) is 9.97 Å². The quantitative estimate of drug-likeness (QED) is 0.846. The fourth-order valence-corrected chi connectivity index (χ4v) is 1.43. The highest BCUT2D eigenvalue weighted by Gasteiger charge is 2.06. The van der Waals surface area contributed by atoms with Gasteiger partial charge in [0.1, 0.15) is 0 Å². The van der Waals surface area contributed by atoms with Gasteiger partial charge in [0.2, 0.25) is 0 Å². The molecule has 0 fully saturated rings. The van der Waals surface area contributed by atoms with Crippen LogP contribution >= 0.6 is 15.9 Å². The summed E-state index contributed by atoms with van der Waals surface area (Å²) in [4.78, 5) is 7.86. The van der Waals surface area contributed by atoms with E-state index >= 15 is 0 Å². The summed E-state index contributed by atoms with van der Waals surface area (Å²) in [5.74, 6) is -0.356. The van der Waals surface area contributed by atoms with Crippen LogP contribution in [0.3, 0.4) is 0 Å². The topological polar surface area (TPSA) is 35.0 Å². The second-order valence-corrected chi connectivity index (χ2v) is 4.14. The molecule has 0 aliphatic rings. The molecule has 0 radical (unpaired) electrons. The van der Waals surface area contributed by atoms with Gasteiger partial charge in [0.25, 0.3) is 0 Å². The molecule has 3 nitrogen and oxygen atoms in total. The Morgan fingerprint density at radius 1 is 1.25 bits per heavy atom. The van der Waals surface area contributed by atoms with E-state index in [1.807, 2.05) is 6.92 Å². The molecule has 1 heterocycles. The lowest BCUT2D eigenvalue weighted by Gasteiger charge is -2.04. The number of aromatic nitrogens is 2. The minimum Gasteiger partial charge on any atom is -0.421 e. The van der Waals surface area contributed by atoms with Gasteiger partial charge in [0.15, 0.2) is 11.6 Å². The third-order valence-electron chi connectivity index (χ3n) is 1.85. The Balaban J connectivity index is 2.26. The van der Waals surface area contributed by atoms with Gasteiger partial charge in [0.05, 0.1) is 0 Å². The van der Waals surface area contributed by atoms with Crippen molar-refractivity contribution in [2.24, 2.45) is 0 Å². The minimum absolute atomic E-state index is 0.0956. The fraction of sp³-hybridized carbons (Fsp3) is 0.0909. The smallest absolute Gasteiger partial charge is 0.321 e. The number of nitrogens with zero attached hydrogens (tertiary/aromatic N) is 2. The summed E-state index contributed by atoms with van der Waals surface area (Å²) in [5, 5.41) is 0. The van der Waals surface area contributed by atoms with Gasteiger partial charge in [0, 0.05) is 16.9 Å². The Bertz CT molecular complexity index is 502. The Labute approximate surface area is 100 Å². The van der Waals surface area contributed by atoms with Crippen LogP contribution in [-0.2, 0) is 0 Å². The molecule has 1 aromatic carbocycles. The third-order valence-corrected chi connectivity index (χ3v) is 2.34. The van der Waals surface area contributed by atoms with Gasteiger partial charge >= 0.3 is 6.01 Å². The molecule has 0 amide bonds. The number of aryl methyl sites for hydroxylation is 1. The zero-order valence-corrected chi connectivity index (χ0v) is 10.0. The van der Waals surface area contributed by atoms with E-state index in [4.69, 9.17) is 4.74 Å². The van der Waals surface area contributed by atoms with Crippen LogP contribution in [0, 0.1) is 12.7 Å². The molecule has 0 unspecified atom stereocenters. The number of ether oxygens (including phenoxy) is 1. The van der Waals surface area contributed by atoms with Gasteiger partial charge < -0.3 is 4.74 Å². The Morgan fingerprint density at radius 2 is 1.94 bits per heavy atom. The van der Waals surface area contributed by atoms with Crippen LogP contribution in [0.4, 0.5) is 4.39 Å². The Morgan fingerprint density at radius 3 is 2.62 bits per heavy atom. The minimum atomic E-state index is -0.452. The van der Waals surface area contributed by atoms with Gasteiger partial charge in [-0.05, 0) is 30.7 Å². The maximum Gasteiger partial charge on any atom is 0.321 e. The number of hydrogen-bond acceptors (Lipinski definition) is 3. The summed E-state index contributed by atoms with van der Waals surface area (Å²) in [5.41, 5.74) is 0.919. The average Bonchev–Trinajstić information content (AvgIpc) is 2.27. The van der Waals surface area contributed by atoms with Crippen molar-refractivity contribution in [3.8, 4) is 11.8 Å². The number of hydrogen-bond donors (Lipinski definition) is 0. The van der Waals surface area contributed by atoms with Crippen LogP contribution in [-0.4, -0.2) is 9.97 Å². The molecule has 0 aliphatic carbocycles. The van der Waals surface area contributed by atoms with Crippen molar-refractivity contribution in [3.63, 3.8) is 0 Å². The van der Waals surface area contributed by atoms with E-state index in [1.54, 1.807) is 18.5 Å². The first-order valence-electron chi connectivity index (χ1n) is 4.57. The molecule has 1 aromatic heterocycles. The summed E-state index contributed by atoms with van der Waals surface area (Å²) in [6.45, 7) is 1.86. The highest BCUT2D eigenvalue weighted by atomic mass is 79.9. The maximum atomic E-state index is 13.3. The zero-order valence-electron chi connectivity index (χ0n) is 8.45. The van der Waals surface area contributed by atoms with E-state index in [9.17, 15) is 4.39 Å². The summed E-state index contributed by atoms with van der Waals surface area (Å²) in [6.07, 6.45) is 3.22. The van der Waals surface area contributed by atoms with Crippen LogP contribution in [0.1, 0.15) is 5.56 Å². The van der Waals surface area contributed by atoms with E-state index in [1.165, 1.54) is 12.1 Å². The molecule has 0 bridgehead atoms. The lowest BCUT2D eigenvalue weighted by Crippen LogP contribution is -1.93. The van der Waals surface area contributed by atoms with E-state index in [2.05, 4.69) is 25.9 Å². The lowest BCUT2D eigenvalue weighted by atomic mass is 10.3. The highest BCUT2D eigenvalue weighted by Crippen LogP contribution is 2.25. The SMILES string of the molecule is Cc1cnc(Oc2cc(Br)ccc2F)nc1. The molecule has 0 saturated heterocycles. The van der Waals surface area contributed by atoms with E-state index in [-0.39, 0.29) is 11.8 Å². The summed E-state index contributed by atoms with van der Waals surface area (Å²) < 4.78 is 19.3. The molecule has 16 heavy (non-hydrogen) atoms. The van der Waals surface area contributed by atoms with E-state index < -0.39 is 5.82 Å². The first kappa shape index (κ1) is 11.0. The molecule has 5 heteroatoms. The molecule has 2 rings (SSSR count). The van der Waals surface area contributed by atoms with Gasteiger partial charge in [-0.2, -0.15) is 0 Å². The van der Waals surface area contributed by atoms with Gasteiger partial charge in [-0.25, -0.2) is 14.4 Å². The largest absolute Gasteiger partial charge is 0.421 e. The lowest BCUT2D eigenvalue weighted by molar-refractivity contribution is 0.410. The first-order chi connectivity index (χ1) is 7.65. The Hall–Kier alpha value is -1.49. The first-order valence-corrected chi connectivity index (χ1v) is 5.36. The molecule has 0 atom stereocenters. The standard InChI is InChI=1S/C11H8BrFN2O/c1-7-5-14-11(15-6-7)16-10-4-8(12)2-3-9(10)13/h2-6H,1H3. The monoisotopic (exact) mass is 282 g/mol. The van der Waals surface area contributed by atoms with Crippen molar-refractivity contribution in [2.45, 2.75) is 6.92 Å². The van der Waals surface area contributed by atoms with Crippen molar-refractivity contribution in [3.05, 3.63) is 46.4 Å². The van der Waals surface area contributed by atoms with Gasteiger partial charge in [-0.1, -0.05) is 15.9 Å². The van der Waals surface area contributed by atoms with E-state index in [0.717, 1.165) is 10.0 Å². The summed E-state index contributed by atoms with van der Waals surface area (Å²) in [7, 11) is 0. The third kappa shape index (κ3) is 2.55. The summed E-state index contributed by atoms with van der Waals surface area (Å²) >= 11 is 3.23. The van der Waals surface area contributed by atoms with Crippen LogP contribution in [0.5, 0.6) is 11.8 Å². The van der Waals surface area contributed by atoms with Crippen molar-refractivity contribution < 1.29 is 9.13 Å². The second-order valence-electron chi connectivity index (χ2n) is 3.22. The molecular weight excluding hydrogens is 275 g/mol. The molecule has 0 N–H and O–H groups in total. The maximum absolute atomic E-state index is 13.3. The molecule has 2 aromatic rings. The van der Waals surface area contributed by atoms with E-state index in [0.29, 0.717) is 0 Å². The van der Waals surface area contributed by atoms with Crippen LogP contribution in [0.2, 0.25) is 0 Å². The zero-order chi connectivity index (χ0) is 11.5. The van der Waals surface area contributed by atoms with Gasteiger partial charge in [-0.3, -0.25) is 0 Å². The Kier molecular flexibility index (Phi) is 3.14. The van der Waals surface area contributed by atoms with Crippen LogP contribution in [0.25, 0.3) is 0 Å². The number of halogens is 2. The predicted octanol–water partition coefficient (Wildman–Crippen LogP) is 3.48. The van der Waals surface area contributed by atoms with Crippen molar-refractivity contribution in [1.29, 1.82) is 0 Å². The fourth-order valence-electron chi connectivity index (χ4n) is 1.09. The normalized spacial score (nSPS) is 10.2. The second kappa shape index (κ2) is 4.57. The number of rotatable bonds is 2. The predicted molar refractivity (Wildman–Crippen MR) is 60.9 cm³/mol. The molecule has 82 valence electrons. The van der Waals surface area contributed by atoms with Crippen molar-refractivity contribution in [2.75, 3.05) is 0 Å². The molecule has 0 spiro atoms. The highest BCUT2D eigenvalue weighted by molar-refractivity contribution is 9.10. The number of benzene rings is 1. The average molecular weight is 283 g/mol. The summed E-state index contributed by atoms with van der Waals surface area (Å²) in [6, 6.07) is 4.56. The van der Waals surface area contributed by atoms with Crippen LogP contribution < -0.4 is 4.74 Å². The molecule has 0 aliphatic heterocycles. The molecular formula is C11H8BrFN2O. The van der Waals surface area contributed by atoms with Crippen LogP contribution in [0.15, 0.2) is 35.1 Å². The van der Waals surface area contributed by atoms with Crippen molar-refractivity contribution >= 4 is 15.9 Å².